The molecule has 0 amide bonds. The second-order valence-corrected chi connectivity index (χ2v) is 5.38. The Morgan fingerprint density at radius 1 is 1.27 bits per heavy atom. The number of nitro benzene ring substituents is 1. The van der Waals surface area contributed by atoms with Gasteiger partial charge in [-0.1, -0.05) is 30.3 Å². The Morgan fingerprint density at radius 3 is 2.85 bits per heavy atom. The summed E-state index contributed by atoms with van der Waals surface area (Å²) < 4.78 is 1.42. The van der Waals surface area contributed by atoms with Crippen LogP contribution in [0.5, 0.6) is 0 Å². The molecule has 0 aliphatic rings. The normalized spacial score (nSPS) is 10.9. The molecule has 2 aromatic carbocycles. The highest BCUT2D eigenvalue weighted by molar-refractivity contribution is 5.81. The Hall–Kier alpha value is -3.81. The van der Waals surface area contributed by atoms with Gasteiger partial charge in [-0.3, -0.25) is 19.5 Å². The first kappa shape index (κ1) is 17.0. The van der Waals surface area contributed by atoms with Crippen LogP contribution >= 0.6 is 0 Å². The zero-order valence-electron chi connectivity index (χ0n) is 13.7. The summed E-state index contributed by atoms with van der Waals surface area (Å²) in [7, 11) is 0. The molecule has 3 aromatic rings. The molecule has 0 saturated carbocycles. The second kappa shape index (κ2) is 7.39. The average Bonchev–Trinajstić information content (AvgIpc) is 2.65. The number of para-hydroxylation sites is 1. The van der Waals surface area contributed by atoms with E-state index in [1.807, 2.05) is 0 Å². The van der Waals surface area contributed by atoms with Gasteiger partial charge in [0.1, 0.15) is 0 Å². The van der Waals surface area contributed by atoms with Gasteiger partial charge in [-0.25, -0.2) is 10.4 Å². The van der Waals surface area contributed by atoms with Gasteiger partial charge in [0, 0.05) is 24.2 Å². The van der Waals surface area contributed by atoms with Gasteiger partial charge >= 0.3 is 0 Å². The molecule has 0 saturated heterocycles. The number of anilines is 1. The third-order valence-corrected chi connectivity index (χ3v) is 3.63. The van der Waals surface area contributed by atoms with Crippen LogP contribution in [-0.2, 0) is 6.54 Å². The molecule has 0 radical (unpaired) electrons. The lowest BCUT2D eigenvalue weighted by Crippen LogP contribution is -2.23. The Kier molecular flexibility index (Phi) is 4.84. The summed E-state index contributed by atoms with van der Waals surface area (Å²) in [4.78, 5) is 27.4. The van der Waals surface area contributed by atoms with E-state index < -0.39 is 4.92 Å². The zero-order chi connectivity index (χ0) is 18.5. The van der Waals surface area contributed by atoms with Crippen LogP contribution in [-0.4, -0.2) is 20.7 Å². The Labute approximate surface area is 148 Å². The molecule has 0 aliphatic carbocycles. The monoisotopic (exact) mass is 349 g/mol. The van der Waals surface area contributed by atoms with E-state index in [1.54, 1.807) is 42.5 Å². The van der Waals surface area contributed by atoms with Gasteiger partial charge in [0.25, 0.3) is 11.2 Å². The van der Waals surface area contributed by atoms with Gasteiger partial charge in [0.05, 0.1) is 22.0 Å². The molecular formula is C18H15N5O3. The van der Waals surface area contributed by atoms with Crippen molar-refractivity contribution in [3.05, 3.63) is 87.2 Å². The Morgan fingerprint density at radius 2 is 2.08 bits per heavy atom. The molecule has 0 unspecified atom stereocenters. The minimum atomic E-state index is -0.475. The lowest BCUT2D eigenvalue weighted by atomic mass is 10.2. The van der Waals surface area contributed by atoms with Crippen LogP contribution in [0.2, 0.25) is 0 Å². The van der Waals surface area contributed by atoms with Crippen molar-refractivity contribution in [2.75, 3.05) is 5.43 Å². The van der Waals surface area contributed by atoms with Gasteiger partial charge in [-0.05, 0) is 12.1 Å². The van der Waals surface area contributed by atoms with Gasteiger partial charge in [0.2, 0.25) is 5.95 Å². The van der Waals surface area contributed by atoms with Gasteiger partial charge < -0.3 is 0 Å². The fourth-order valence-corrected chi connectivity index (χ4v) is 2.44. The SMILES string of the molecule is C=CCn1c(N/N=C/c2cccc([N+](=O)[O-])c2)nc2ccccc2c1=O. The summed E-state index contributed by atoms with van der Waals surface area (Å²) in [6, 6.07) is 13.1. The largest absolute Gasteiger partial charge is 0.273 e. The summed E-state index contributed by atoms with van der Waals surface area (Å²) in [6.45, 7) is 3.92. The number of nitrogens with zero attached hydrogens (tertiary/aromatic N) is 4. The van der Waals surface area contributed by atoms with E-state index in [-0.39, 0.29) is 23.7 Å². The molecule has 1 aromatic heterocycles. The highest BCUT2D eigenvalue weighted by Crippen LogP contribution is 2.13. The minimum Gasteiger partial charge on any atom is -0.273 e. The minimum absolute atomic E-state index is 0.0265. The van der Waals surface area contributed by atoms with E-state index in [1.165, 1.54) is 22.9 Å². The number of hydrazone groups is 1. The number of rotatable bonds is 6. The number of nitro groups is 1. The topological polar surface area (TPSA) is 102 Å². The van der Waals surface area contributed by atoms with Crippen molar-refractivity contribution < 1.29 is 4.92 Å². The van der Waals surface area contributed by atoms with Crippen LogP contribution < -0.4 is 11.0 Å². The Balaban J connectivity index is 1.94. The number of nitrogens with one attached hydrogen (secondary N) is 1. The third-order valence-electron chi connectivity index (χ3n) is 3.63. The molecule has 8 nitrogen and oxygen atoms in total. The Bertz CT molecular complexity index is 1070. The fourth-order valence-electron chi connectivity index (χ4n) is 2.44. The second-order valence-electron chi connectivity index (χ2n) is 5.38. The number of non-ortho nitro benzene ring substituents is 1. The van der Waals surface area contributed by atoms with Gasteiger partial charge in [-0.2, -0.15) is 5.10 Å². The number of hydrogen-bond donors (Lipinski definition) is 1. The first-order chi connectivity index (χ1) is 12.6. The molecule has 0 atom stereocenters. The summed E-state index contributed by atoms with van der Waals surface area (Å²) in [5, 5.41) is 15.4. The van der Waals surface area contributed by atoms with E-state index in [2.05, 4.69) is 22.1 Å². The predicted molar refractivity (Wildman–Crippen MR) is 101 cm³/mol. The molecule has 0 bridgehead atoms. The molecule has 1 N–H and O–H groups in total. The van der Waals surface area contributed by atoms with Crippen LogP contribution in [0.15, 0.2) is 71.1 Å². The van der Waals surface area contributed by atoms with Gasteiger partial charge in [-0.15, -0.1) is 6.58 Å². The first-order valence-corrected chi connectivity index (χ1v) is 7.74. The number of hydrogen-bond acceptors (Lipinski definition) is 6. The van der Waals surface area contributed by atoms with E-state index in [4.69, 9.17) is 0 Å². The van der Waals surface area contributed by atoms with E-state index in [0.29, 0.717) is 16.5 Å². The molecule has 130 valence electrons. The summed E-state index contributed by atoms with van der Waals surface area (Å²) in [5.41, 5.74) is 3.59. The van der Waals surface area contributed by atoms with Crippen molar-refractivity contribution in [2.45, 2.75) is 6.54 Å². The molecule has 26 heavy (non-hydrogen) atoms. The summed E-state index contributed by atoms with van der Waals surface area (Å²) in [6.07, 6.45) is 3.01. The van der Waals surface area contributed by atoms with Crippen LogP contribution in [0, 0.1) is 10.1 Å². The van der Waals surface area contributed by atoms with Crippen molar-refractivity contribution in [1.29, 1.82) is 0 Å². The lowest BCUT2D eigenvalue weighted by Gasteiger charge is -2.10. The maximum atomic E-state index is 12.6. The fraction of sp³-hybridized carbons (Fsp3) is 0.0556. The molecule has 0 fully saturated rings. The van der Waals surface area contributed by atoms with E-state index in [0.717, 1.165) is 0 Å². The highest BCUT2D eigenvalue weighted by atomic mass is 16.6. The molecule has 8 heteroatoms. The van der Waals surface area contributed by atoms with Crippen molar-refractivity contribution in [2.24, 2.45) is 5.10 Å². The zero-order valence-corrected chi connectivity index (χ0v) is 13.7. The first-order valence-electron chi connectivity index (χ1n) is 7.74. The smallest absolute Gasteiger partial charge is 0.270 e. The van der Waals surface area contributed by atoms with Crippen molar-refractivity contribution in [3.63, 3.8) is 0 Å². The van der Waals surface area contributed by atoms with E-state index in [9.17, 15) is 14.9 Å². The molecule has 0 aliphatic heterocycles. The molecular weight excluding hydrogens is 334 g/mol. The maximum Gasteiger partial charge on any atom is 0.270 e. The van der Waals surface area contributed by atoms with Crippen molar-refractivity contribution >= 4 is 28.8 Å². The predicted octanol–water partition coefficient (Wildman–Crippen LogP) is 2.94. The quantitative estimate of drug-likeness (QED) is 0.319. The third kappa shape index (κ3) is 3.48. The van der Waals surface area contributed by atoms with E-state index >= 15 is 0 Å². The van der Waals surface area contributed by atoms with Crippen LogP contribution in [0.1, 0.15) is 5.56 Å². The average molecular weight is 349 g/mol. The summed E-state index contributed by atoms with van der Waals surface area (Å²) in [5.74, 6) is 0.260. The van der Waals surface area contributed by atoms with Crippen LogP contribution in [0.25, 0.3) is 10.9 Å². The number of benzene rings is 2. The molecule has 0 spiro atoms. The number of fused-ring (bicyclic) bond motifs is 1. The van der Waals surface area contributed by atoms with Crippen molar-refractivity contribution in [3.8, 4) is 0 Å². The number of allylic oxidation sites excluding steroid dienone is 1. The van der Waals surface area contributed by atoms with Crippen LogP contribution in [0.3, 0.4) is 0 Å². The number of aromatic nitrogens is 2. The molecule has 3 rings (SSSR count). The summed E-state index contributed by atoms with van der Waals surface area (Å²) >= 11 is 0. The van der Waals surface area contributed by atoms with Gasteiger partial charge in [0.15, 0.2) is 0 Å². The molecule has 1 heterocycles. The standard InChI is InChI=1S/C18H15N5O3/c1-2-10-22-17(24)15-8-3-4-9-16(15)20-18(22)21-19-12-13-6-5-7-14(11-13)23(25)26/h2-9,11-12H,1,10H2,(H,20,21)/b19-12+. The van der Waals surface area contributed by atoms with Crippen molar-refractivity contribution in [1.82, 2.24) is 9.55 Å². The lowest BCUT2D eigenvalue weighted by molar-refractivity contribution is -0.384. The maximum absolute atomic E-state index is 12.6. The van der Waals surface area contributed by atoms with Crippen LogP contribution in [0.4, 0.5) is 11.6 Å². The highest BCUT2D eigenvalue weighted by Gasteiger charge is 2.09.